The molecule has 1 unspecified atom stereocenters. The lowest BCUT2D eigenvalue weighted by atomic mass is 10.2. The van der Waals surface area contributed by atoms with E-state index in [0.29, 0.717) is 22.0 Å². The third kappa shape index (κ3) is 1.39. The van der Waals surface area contributed by atoms with Crippen LogP contribution < -0.4 is 5.43 Å². The fourth-order valence-electron chi connectivity index (χ4n) is 1.81. The van der Waals surface area contributed by atoms with Crippen LogP contribution in [0.5, 0.6) is 0 Å². The van der Waals surface area contributed by atoms with Crippen LogP contribution in [0, 0.1) is 0 Å². The van der Waals surface area contributed by atoms with Crippen molar-refractivity contribution in [3.8, 4) is 0 Å². The second-order valence-electron chi connectivity index (χ2n) is 3.80. The van der Waals surface area contributed by atoms with Crippen LogP contribution in [0.2, 0.25) is 0 Å². The predicted molar refractivity (Wildman–Crippen MR) is 66.8 cm³/mol. The number of hydrogen-bond acceptors (Lipinski definition) is 3. The van der Waals surface area contributed by atoms with Crippen molar-refractivity contribution in [1.82, 2.24) is 0 Å². The molecule has 0 radical (unpaired) electrons. The number of thioether (sulfide) groups is 1. The zero-order valence-electron chi connectivity index (χ0n) is 8.77. The lowest BCUT2D eigenvalue weighted by Crippen LogP contribution is -2.10. The minimum atomic E-state index is 0.0815. The molecule has 0 saturated carbocycles. The quantitative estimate of drug-likeness (QED) is 0.695. The smallest absolute Gasteiger partial charge is 0.206 e. The van der Waals surface area contributed by atoms with Crippen LogP contribution in [0.25, 0.3) is 17.0 Å². The molecule has 2 heterocycles. The van der Waals surface area contributed by atoms with E-state index in [9.17, 15) is 4.79 Å². The van der Waals surface area contributed by atoms with Gasteiger partial charge in [0.2, 0.25) is 5.43 Å². The van der Waals surface area contributed by atoms with Gasteiger partial charge in [-0.05, 0) is 25.1 Å². The molecule has 1 aliphatic heterocycles. The van der Waals surface area contributed by atoms with Gasteiger partial charge in [-0.1, -0.05) is 18.2 Å². The maximum atomic E-state index is 12.2. The first-order chi connectivity index (χ1) is 7.75. The molecule has 0 fully saturated rings. The van der Waals surface area contributed by atoms with E-state index < -0.39 is 0 Å². The first-order valence-corrected chi connectivity index (χ1v) is 6.04. The second-order valence-corrected chi connectivity index (χ2v) is 5.19. The number of rotatable bonds is 0. The molecule has 1 aromatic carbocycles. The maximum absolute atomic E-state index is 12.2. The zero-order chi connectivity index (χ0) is 11.1. The van der Waals surface area contributed by atoms with Crippen LogP contribution in [0.3, 0.4) is 0 Å². The molecule has 80 valence electrons. The van der Waals surface area contributed by atoms with Crippen LogP contribution in [0.1, 0.15) is 12.7 Å². The van der Waals surface area contributed by atoms with E-state index in [1.54, 1.807) is 11.8 Å². The van der Waals surface area contributed by atoms with E-state index in [2.05, 4.69) is 6.92 Å². The molecule has 16 heavy (non-hydrogen) atoms. The predicted octanol–water partition coefficient (Wildman–Crippen LogP) is 3.30. The van der Waals surface area contributed by atoms with E-state index in [1.165, 1.54) is 0 Å². The van der Waals surface area contributed by atoms with Crippen molar-refractivity contribution in [1.29, 1.82) is 0 Å². The number of hydrogen-bond donors (Lipinski definition) is 0. The Morgan fingerprint density at radius 3 is 3.00 bits per heavy atom. The summed E-state index contributed by atoms with van der Waals surface area (Å²) in [5, 5.41) is 0.993. The molecule has 1 aromatic heterocycles. The first-order valence-electron chi connectivity index (χ1n) is 5.16. The Morgan fingerprint density at radius 1 is 1.31 bits per heavy atom. The molecule has 0 saturated heterocycles. The van der Waals surface area contributed by atoms with Gasteiger partial charge in [0.1, 0.15) is 11.3 Å². The molecule has 1 aliphatic rings. The van der Waals surface area contributed by atoms with Gasteiger partial charge < -0.3 is 4.42 Å². The van der Waals surface area contributed by atoms with Gasteiger partial charge in [-0.2, -0.15) is 0 Å². The number of benzene rings is 1. The van der Waals surface area contributed by atoms with E-state index in [0.717, 1.165) is 4.90 Å². The molecule has 2 nitrogen and oxygen atoms in total. The van der Waals surface area contributed by atoms with Gasteiger partial charge in [0, 0.05) is 5.25 Å². The van der Waals surface area contributed by atoms with E-state index in [4.69, 9.17) is 4.42 Å². The van der Waals surface area contributed by atoms with Crippen molar-refractivity contribution in [2.75, 3.05) is 0 Å². The minimum Gasteiger partial charge on any atom is -0.455 e. The van der Waals surface area contributed by atoms with Gasteiger partial charge >= 0.3 is 0 Å². The van der Waals surface area contributed by atoms with Crippen molar-refractivity contribution in [2.24, 2.45) is 0 Å². The molecule has 1 atom stereocenters. The van der Waals surface area contributed by atoms with E-state index in [1.807, 2.05) is 36.4 Å². The fourth-order valence-corrected chi connectivity index (χ4v) is 2.78. The fraction of sp³-hybridized carbons (Fsp3) is 0.154. The molecule has 0 amide bonds. The highest BCUT2D eigenvalue weighted by atomic mass is 32.2. The van der Waals surface area contributed by atoms with E-state index >= 15 is 0 Å². The highest BCUT2D eigenvalue weighted by Crippen LogP contribution is 2.32. The lowest BCUT2D eigenvalue weighted by Gasteiger charge is -2.13. The number of fused-ring (bicyclic) bond motifs is 2. The van der Waals surface area contributed by atoms with Crippen LogP contribution >= 0.6 is 11.8 Å². The topological polar surface area (TPSA) is 30.2 Å². The van der Waals surface area contributed by atoms with Crippen molar-refractivity contribution < 1.29 is 4.42 Å². The maximum Gasteiger partial charge on any atom is 0.206 e. The normalized spacial score (nSPS) is 18.7. The standard InChI is InChI=1S/C13H10O2S/c1-8-6-7-11-13(16-8)12(14)9-4-2-3-5-10(9)15-11/h2-8H,1H3. The molecule has 0 N–H and O–H groups in total. The first kappa shape index (κ1) is 9.73. The summed E-state index contributed by atoms with van der Waals surface area (Å²) in [5.41, 5.74) is 0.740. The summed E-state index contributed by atoms with van der Waals surface area (Å²) in [6.45, 7) is 2.07. The summed E-state index contributed by atoms with van der Waals surface area (Å²) in [6.07, 6.45) is 3.94. The Balaban J connectivity index is 2.40. The molecule has 0 bridgehead atoms. The summed E-state index contributed by atoms with van der Waals surface area (Å²) in [7, 11) is 0. The van der Waals surface area contributed by atoms with Gasteiger partial charge in [0.25, 0.3) is 0 Å². The van der Waals surface area contributed by atoms with Crippen molar-refractivity contribution >= 4 is 28.8 Å². The van der Waals surface area contributed by atoms with Crippen molar-refractivity contribution in [3.63, 3.8) is 0 Å². The molecular weight excluding hydrogens is 220 g/mol. The highest BCUT2D eigenvalue weighted by molar-refractivity contribution is 8.00. The Labute approximate surface area is 97.0 Å². The molecule has 2 aromatic rings. The minimum absolute atomic E-state index is 0.0815. The average molecular weight is 230 g/mol. The molecule has 3 rings (SSSR count). The molecule has 0 aliphatic carbocycles. The van der Waals surface area contributed by atoms with Crippen LogP contribution in [-0.4, -0.2) is 5.25 Å². The van der Waals surface area contributed by atoms with Gasteiger partial charge in [-0.15, -0.1) is 11.8 Å². The van der Waals surface area contributed by atoms with Crippen LogP contribution in [0.4, 0.5) is 0 Å². The monoisotopic (exact) mass is 230 g/mol. The Bertz CT molecular complexity index is 640. The third-order valence-electron chi connectivity index (χ3n) is 2.60. The van der Waals surface area contributed by atoms with Gasteiger partial charge in [-0.25, -0.2) is 0 Å². The van der Waals surface area contributed by atoms with Crippen LogP contribution in [-0.2, 0) is 0 Å². The zero-order valence-corrected chi connectivity index (χ0v) is 9.58. The Morgan fingerprint density at radius 2 is 2.12 bits per heavy atom. The summed E-state index contributed by atoms with van der Waals surface area (Å²) in [4.78, 5) is 12.9. The van der Waals surface area contributed by atoms with Gasteiger partial charge in [-0.3, -0.25) is 4.79 Å². The molecule has 3 heteroatoms. The van der Waals surface area contributed by atoms with Gasteiger partial charge in [0.05, 0.1) is 10.3 Å². The second kappa shape index (κ2) is 3.52. The SMILES string of the molecule is CC1C=Cc2oc3ccccc3c(=O)c2S1. The molecule has 0 spiro atoms. The third-order valence-corrected chi connectivity index (χ3v) is 3.76. The van der Waals surface area contributed by atoms with Crippen molar-refractivity contribution in [2.45, 2.75) is 17.1 Å². The van der Waals surface area contributed by atoms with Crippen molar-refractivity contribution in [3.05, 3.63) is 46.3 Å². The summed E-state index contributed by atoms with van der Waals surface area (Å²) < 4.78 is 5.71. The number of para-hydroxylation sites is 1. The van der Waals surface area contributed by atoms with Gasteiger partial charge in [0.15, 0.2) is 0 Å². The molecular formula is C13H10O2S. The summed E-state index contributed by atoms with van der Waals surface area (Å²) in [6, 6.07) is 7.37. The largest absolute Gasteiger partial charge is 0.455 e. The lowest BCUT2D eigenvalue weighted by molar-refractivity contribution is 0.573. The summed E-state index contributed by atoms with van der Waals surface area (Å²) in [5.74, 6) is 0.687. The highest BCUT2D eigenvalue weighted by Gasteiger charge is 2.18. The average Bonchev–Trinajstić information content (AvgIpc) is 2.31. The van der Waals surface area contributed by atoms with E-state index in [-0.39, 0.29) is 5.43 Å². The van der Waals surface area contributed by atoms with Crippen LogP contribution in [0.15, 0.2) is 44.4 Å². The Kier molecular flexibility index (Phi) is 2.14. The summed E-state index contributed by atoms with van der Waals surface area (Å²) >= 11 is 1.56. The Hall–Kier alpha value is -1.48.